The molecule has 1 saturated carbocycles. The van der Waals surface area contributed by atoms with E-state index in [1.165, 1.54) is 12.0 Å². The first-order valence-electron chi connectivity index (χ1n) is 6.54. The number of rotatable bonds is 4. The van der Waals surface area contributed by atoms with Crippen LogP contribution in [0.1, 0.15) is 17.9 Å². The van der Waals surface area contributed by atoms with Crippen LogP contribution in [0.25, 0.3) is 0 Å². The van der Waals surface area contributed by atoms with Crippen molar-refractivity contribution in [1.29, 1.82) is 0 Å². The molecular weight excluding hydrogens is 212 g/mol. The SMILES string of the molecule is c1ccc(C2CC2NCC2CNCCO2)cc1. The minimum atomic E-state index is 0.348. The molecule has 2 aliphatic rings. The van der Waals surface area contributed by atoms with Gasteiger partial charge in [-0.1, -0.05) is 30.3 Å². The summed E-state index contributed by atoms with van der Waals surface area (Å²) in [6.45, 7) is 3.79. The Morgan fingerprint density at radius 2 is 2.18 bits per heavy atom. The summed E-state index contributed by atoms with van der Waals surface area (Å²) in [6.07, 6.45) is 1.62. The molecule has 0 bridgehead atoms. The van der Waals surface area contributed by atoms with Crippen molar-refractivity contribution in [2.24, 2.45) is 0 Å². The zero-order valence-electron chi connectivity index (χ0n) is 10.1. The molecule has 1 aromatic carbocycles. The molecule has 17 heavy (non-hydrogen) atoms. The summed E-state index contributed by atoms with van der Waals surface area (Å²) in [4.78, 5) is 0. The molecule has 3 atom stereocenters. The van der Waals surface area contributed by atoms with Gasteiger partial charge >= 0.3 is 0 Å². The van der Waals surface area contributed by atoms with Crippen molar-refractivity contribution >= 4 is 0 Å². The van der Waals surface area contributed by atoms with Crippen LogP contribution >= 0.6 is 0 Å². The van der Waals surface area contributed by atoms with Gasteiger partial charge in [0.1, 0.15) is 0 Å². The van der Waals surface area contributed by atoms with Gasteiger partial charge in [-0.25, -0.2) is 0 Å². The topological polar surface area (TPSA) is 33.3 Å². The minimum absolute atomic E-state index is 0.348. The highest BCUT2D eigenvalue weighted by Crippen LogP contribution is 2.40. The van der Waals surface area contributed by atoms with Gasteiger partial charge in [-0.3, -0.25) is 0 Å². The van der Waals surface area contributed by atoms with Gasteiger partial charge < -0.3 is 15.4 Å². The quantitative estimate of drug-likeness (QED) is 0.816. The molecule has 2 N–H and O–H groups in total. The number of hydrogen-bond acceptors (Lipinski definition) is 3. The molecule has 1 heterocycles. The van der Waals surface area contributed by atoms with Gasteiger partial charge in [0, 0.05) is 31.6 Å². The summed E-state index contributed by atoms with van der Waals surface area (Å²) in [5.74, 6) is 0.716. The molecule has 1 aliphatic carbocycles. The fourth-order valence-electron chi connectivity index (χ4n) is 2.52. The number of hydrogen-bond donors (Lipinski definition) is 2. The molecule has 0 radical (unpaired) electrons. The lowest BCUT2D eigenvalue weighted by molar-refractivity contribution is 0.0289. The van der Waals surface area contributed by atoms with E-state index in [-0.39, 0.29) is 0 Å². The molecule has 1 aliphatic heterocycles. The third-order valence-corrected chi connectivity index (χ3v) is 3.63. The first-order chi connectivity index (χ1) is 8.43. The molecule has 3 rings (SSSR count). The van der Waals surface area contributed by atoms with Gasteiger partial charge in [-0.15, -0.1) is 0 Å². The third-order valence-electron chi connectivity index (χ3n) is 3.63. The summed E-state index contributed by atoms with van der Waals surface area (Å²) in [7, 11) is 0. The van der Waals surface area contributed by atoms with Crippen molar-refractivity contribution < 1.29 is 4.74 Å². The van der Waals surface area contributed by atoms with E-state index < -0.39 is 0 Å². The zero-order chi connectivity index (χ0) is 11.5. The molecule has 1 saturated heterocycles. The predicted octanol–water partition coefficient (Wildman–Crippen LogP) is 1.12. The van der Waals surface area contributed by atoms with Gasteiger partial charge in [0.2, 0.25) is 0 Å². The van der Waals surface area contributed by atoms with Crippen molar-refractivity contribution in [1.82, 2.24) is 10.6 Å². The van der Waals surface area contributed by atoms with E-state index in [2.05, 4.69) is 41.0 Å². The average molecular weight is 232 g/mol. The second-order valence-corrected chi connectivity index (χ2v) is 4.96. The van der Waals surface area contributed by atoms with E-state index in [1.807, 2.05) is 0 Å². The van der Waals surface area contributed by atoms with Crippen molar-refractivity contribution in [2.45, 2.75) is 24.5 Å². The van der Waals surface area contributed by atoms with Gasteiger partial charge in [-0.05, 0) is 12.0 Å². The second-order valence-electron chi connectivity index (χ2n) is 4.96. The average Bonchev–Trinajstić information content (AvgIpc) is 3.18. The first-order valence-corrected chi connectivity index (χ1v) is 6.54. The summed E-state index contributed by atoms with van der Waals surface area (Å²) in [6, 6.07) is 11.4. The lowest BCUT2D eigenvalue weighted by Gasteiger charge is -2.23. The molecule has 3 unspecified atom stereocenters. The van der Waals surface area contributed by atoms with Crippen molar-refractivity contribution in [2.75, 3.05) is 26.2 Å². The molecule has 2 fully saturated rings. The molecule has 3 heteroatoms. The zero-order valence-corrected chi connectivity index (χ0v) is 10.1. The van der Waals surface area contributed by atoms with Gasteiger partial charge in [0.05, 0.1) is 12.7 Å². The standard InChI is InChI=1S/C14H20N2O/c1-2-4-11(5-3-1)13-8-14(13)16-10-12-9-15-6-7-17-12/h1-5,12-16H,6-10H2. The normalized spacial score (nSPS) is 32.4. The fourth-order valence-corrected chi connectivity index (χ4v) is 2.52. The van der Waals surface area contributed by atoms with E-state index in [4.69, 9.17) is 4.74 Å². The molecule has 0 aromatic heterocycles. The number of nitrogens with one attached hydrogen (secondary N) is 2. The highest BCUT2D eigenvalue weighted by atomic mass is 16.5. The van der Waals surface area contributed by atoms with Gasteiger partial charge in [0.15, 0.2) is 0 Å². The van der Waals surface area contributed by atoms with E-state index in [0.29, 0.717) is 18.1 Å². The van der Waals surface area contributed by atoms with Crippen LogP contribution in [-0.2, 0) is 4.74 Å². The Labute approximate surface area is 103 Å². The van der Waals surface area contributed by atoms with Crippen LogP contribution in [0.5, 0.6) is 0 Å². The summed E-state index contributed by atoms with van der Waals surface area (Å²) < 4.78 is 5.67. The Morgan fingerprint density at radius 3 is 2.94 bits per heavy atom. The summed E-state index contributed by atoms with van der Waals surface area (Å²) in [5, 5.41) is 6.97. The first kappa shape index (κ1) is 11.2. The van der Waals surface area contributed by atoms with Crippen LogP contribution in [0, 0.1) is 0 Å². The maximum atomic E-state index is 5.67. The van der Waals surface area contributed by atoms with E-state index in [0.717, 1.165) is 26.2 Å². The predicted molar refractivity (Wildman–Crippen MR) is 68.2 cm³/mol. The molecular formula is C14H20N2O. The molecule has 3 nitrogen and oxygen atoms in total. The minimum Gasteiger partial charge on any atom is -0.374 e. The Morgan fingerprint density at radius 1 is 1.29 bits per heavy atom. The van der Waals surface area contributed by atoms with Crippen LogP contribution in [0.2, 0.25) is 0 Å². The van der Waals surface area contributed by atoms with E-state index >= 15 is 0 Å². The second kappa shape index (κ2) is 5.17. The van der Waals surface area contributed by atoms with Crippen molar-refractivity contribution in [3.8, 4) is 0 Å². The molecule has 0 amide bonds. The maximum absolute atomic E-state index is 5.67. The number of morpholine rings is 1. The summed E-state index contributed by atoms with van der Waals surface area (Å²) >= 11 is 0. The Bertz CT molecular complexity index is 348. The molecule has 1 aromatic rings. The van der Waals surface area contributed by atoms with Crippen LogP contribution in [-0.4, -0.2) is 38.4 Å². The summed E-state index contributed by atoms with van der Waals surface area (Å²) in [5.41, 5.74) is 1.47. The van der Waals surface area contributed by atoms with Crippen LogP contribution in [0.3, 0.4) is 0 Å². The monoisotopic (exact) mass is 232 g/mol. The largest absolute Gasteiger partial charge is 0.374 e. The number of ether oxygens (including phenoxy) is 1. The Balaban J connectivity index is 1.43. The fraction of sp³-hybridized carbons (Fsp3) is 0.571. The van der Waals surface area contributed by atoms with Crippen LogP contribution in [0.15, 0.2) is 30.3 Å². The molecule has 0 spiro atoms. The highest BCUT2D eigenvalue weighted by Gasteiger charge is 2.38. The van der Waals surface area contributed by atoms with Gasteiger partial charge in [0.25, 0.3) is 0 Å². The highest BCUT2D eigenvalue weighted by molar-refractivity contribution is 5.27. The van der Waals surface area contributed by atoms with Crippen molar-refractivity contribution in [3.05, 3.63) is 35.9 Å². The number of benzene rings is 1. The molecule has 92 valence electrons. The van der Waals surface area contributed by atoms with Crippen LogP contribution in [0.4, 0.5) is 0 Å². The van der Waals surface area contributed by atoms with Crippen LogP contribution < -0.4 is 10.6 Å². The third kappa shape index (κ3) is 2.86. The lowest BCUT2D eigenvalue weighted by Crippen LogP contribution is -2.44. The maximum Gasteiger partial charge on any atom is 0.0824 e. The Kier molecular flexibility index (Phi) is 3.41. The lowest BCUT2D eigenvalue weighted by atomic mass is 10.1. The smallest absolute Gasteiger partial charge is 0.0824 e. The van der Waals surface area contributed by atoms with E-state index in [1.54, 1.807) is 0 Å². The van der Waals surface area contributed by atoms with E-state index in [9.17, 15) is 0 Å². The Hall–Kier alpha value is -0.900. The van der Waals surface area contributed by atoms with Crippen molar-refractivity contribution in [3.63, 3.8) is 0 Å². The van der Waals surface area contributed by atoms with Gasteiger partial charge in [-0.2, -0.15) is 0 Å².